The maximum atomic E-state index is 6.11. The van der Waals surface area contributed by atoms with Gasteiger partial charge in [-0.3, -0.25) is 0 Å². The van der Waals surface area contributed by atoms with E-state index in [0.29, 0.717) is 6.04 Å². The van der Waals surface area contributed by atoms with Gasteiger partial charge < -0.3 is 5.32 Å². The summed E-state index contributed by atoms with van der Waals surface area (Å²) in [6.45, 7) is 3.31. The summed E-state index contributed by atoms with van der Waals surface area (Å²) < 4.78 is 1.00. The van der Waals surface area contributed by atoms with Crippen LogP contribution in [-0.2, 0) is 0 Å². The van der Waals surface area contributed by atoms with Crippen LogP contribution < -0.4 is 5.32 Å². The molecule has 1 aliphatic rings. The van der Waals surface area contributed by atoms with Crippen LogP contribution in [0.3, 0.4) is 0 Å². The molecule has 3 heteroatoms. The van der Waals surface area contributed by atoms with Crippen molar-refractivity contribution in [3.8, 4) is 0 Å². The lowest BCUT2D eigenvalue weighted by Crippen LogP contribution is -2.25. The van der Waals surface area contributed by atoms with Crippen molar-refractivity contribution in [2.24, 2.45) is 5.92 Å². The SMILES string of the molecule is CCCNC(CC1CCCCC1)c1ccc(Cl)c(Br)c1. The molecule has 0 heterocycles. The lowest BCUT2D eigenvalue weighted by Gasteiger charge is -2.27. The molecular weight excluding hydrogens is 334 g/mol. The zero-order valence-electron chi connectivity index (χ0n) is 12.3. The summed E-state index contributed by atoms with van der Waals surface area (Å²) in [5.41, 5.74) is 1.36. The molecule has 0 aromatic heterocycles. The van der Waals surface area contributed by atoms with Crippen LogP contribution in [0, 0.1) is 5.92 Å². The fourth-order valence-electron chi connectivity index (χ4n) is 3.14. The summed E-state index contributed by atoms with van der Waals surface area (Å²) in [5, 5.41) is 4.51. The van der Waals surface area contributed by atoms with Gasteiger partial charge in [-0.2, -0.15) is 0 Å². The summed E-state index contributed by atoms with van der Waals surface area (Å²) in [6.07, 6.45) is 9.49. The molecule has 1 N–H and O–H groups in total. The van der Waals surface area contributed by atoms with Gasteiger partial charge in [0.25, 0.3) is 0 Å². The van der Waals surface area contributed by atoms with E-state index < -0.39 is 0 Å². The van der Waals surface area contributed by atoms with Crippen LogP contribution in [0.4, 0.5) is 0 Å². The van der Waals surface area contributed by atoms with Crippen molar-refractivity contribution >= 4 is 27.5 Å². The Kier molecular flexibility index (Phi) is 6.86. The van der Waals surface area contributed by atoms with Gasteiger partial charge in [-0.25, -0.2) is 0 Å². The zero-order chi connectivity index (χ0) is 14.4. The zero-order valence-corrected chi connectivity index (χ0v) is 14.6. The molecule has 2 rings (SSSR count). The van der Waals surface area contributed by atoms with Crippen molar-refractivity contribution in [2.75, 3.05) is 6.54 Å². The molecule has 1 aromatic carbocycles. The molecule has 112 valence electrons. The summed E-state index contributed by atoms with van der Waals surface area (Å²) in [4.78, 5) is 0. The molecule has 0 amide bonds. The molecule has 1 atom stereocenters. The van der Waals surface area contributed by atoms with Crippen molar-refractivity contribution in [3.05, 3.63) is 33.3 Å². The summed E-state index contributed by atoms with van der Waals surface area (Å²) in [5.74, 6) is 0.882. The number of hydrogen-bond acceptors (Lipinski definition) is 1. The number of benzene rings is 1. The van der Waals surface area contributed by atoms with E-state index in [1.54, 1.807) is 0 Å². The molecule has 1 saturated carbocycles. The second-order valence-corrected chi connectivity index (χ2v) is 7.18. The summed E-state index contributed by atoms with van der Waals surface area (Å²) >= 11 is 9.66. The molecule has 20 heavy (non-hydrogen) atoms. The van der Waals surface area contributed by atoms with E-state index in [0.717, 1.165) is 22.0 Å². The number of nitrogens with one attached hydrogen (secondary N) is 1. The van der Waals surface area contributed by atoms with Gasteiger partial charge in [0.1, 0.15) is 0 Å². The fraction of sp³-hybridized carbons (Fsp3) is 0.647. The predicted molar refractivity (Wildman–Crippen MR) is 91.4 cm³/mol. The first-order valence-corrected chi connectivity index (χ1v) is 9.06. The minimum absolute atomic E-state index is 0.464. The number of halogens is 2. The maximum Gasteiger partial charge on any atom is 0.0548 e. The van der Waals surface area contributed by atoms with E-state index in [9.17, 15) is 0 Å². The van der Waals surface area contributed by atoms with E-state index >= 15 is 0 Å². The smallest absolute Gasteiger partial charge is 0.0548 e. The van der Waals surface area contributed by atoms with Crippen molar-refractivity contribution in [3.63, 3.8) is 0 Å². The molecule has 0 bridgehead atoms. The minimum Gasteiger partial charge on any atom is -0.310 e. The standard InChI is InChI=1S/C17H25BrClN/c1-2-10-20-17(11-13-6-4-3-5-7-13)14-8-9-16(19)15(18)12-14/h8-9,12-13,17,20H,2-7,10-11H2,1H3. The molecule has 1 aliphatic carbocycles. The first-order chi connectivity index (χ1) is 9.70. The highest BCUT2D eigenvalue weighted by molar-refractivity contribution is 9.10. The third kappa shape index (κ3) is 4.75. The molecule has 0 saturated heterocycles. The van der Waals surface area contributed by atoms with Crippen LogP contribution >= 0.6 is 27.5 Å². The van der Waals surface area contributed by atoms with Crippen LogP contribution in [0.5, 0.6) is 0 Å². The van der Waals surface area contributed by atoms with Gasteiger partial charge in [0.15, 0.2) is 0 Å². The summed E-state index contributed by atoms with van der Waals surface area (Å²) in [6, 6.07) is 6.82. The lowest BCUT2D eigenvalue weighted by molar-refractivity contribution is 0.300. The third-order valence-electron chi connectivity index (χ3n) is 4.28. The van der Waals surface area contributed by atoms with Crippen molar-refractivity contribution < 1.29 is 0 Å². The highest BCUT2D eigenvalue weighted by atomic mass is 79.9. The average molecular weight is 359 g/mol. The Morgan fingerprint density at radius 3 is 2.70 bits per heavy atom. The Labute approximate surface area is 136 Å². The van der Waals surface area contributed by atoms with Crippen molar-refractivity contribution in [1.29, 1.82) is 0 Å². The highest BCUT2D eigenvalue weighted by Gasteiger charge is 2.20. The van der Waals surface area contributed by atoms with E-state index in [1.807, 2.05) is 6.07 Å². The minimum atomic E-state index is 0.464. The molecule has 1 unspecified atom stereocenters. The largest absolute Gasteiger partial charge is 0.310 e. The van der Waals surface area contributed by atoms with Gasteiger partial charge in [-0.15, -0.1) is 0 Å². The number of hydrogen-bond donors (Lipinski definition) is 1. The van der Waals surface area contributed by atoms with Crippen molar-refractivity contribution in [2.45, 2.75) is 57.9 Å². The second kappa shape index (κ2) is 8.41. The first-order valence-electron chi connectivity index (χ1n) is 7.89. The van der Waals surface area contributed by atoms with E-state index in [4.69, 9.17) is 11.6 Å². The van der Waals surface area contributed by atoms with Gasteiger partial charge in [-0.05, 0) is 58.9 Å². The first kappa shape index (κ1) is 16.3. The van der Waals surface area contributed by atoms with Crippen LogP contribution in [0.25, 0.3) is 0 Å². The Hall–Kier alpha value is -0.0500. The van der Waals surface area contributed by atoms with E-state index in [1.165, 1.54) is 50.5 Å². The van der Waals surface area contributed by atoms with Crippen LogP contribution in [0.2, 0.25) is 5.02 Å². The van der Waals surface area contributed by atoms with Gasteiger partial charge in [0.2, 0.25) is 0 Å². The molecular formula is C17H25BrClN. The normalized spacial score (nSPS) is 18.1. The van der Waals surface area contributed by atoms with Gasteiger partial charge in [-0.1, -0.05) is 56.7 Å². The maximum absolute atomic E-state index is 6.11. The topological polar surface area (TPSA) is 12.0 Å². The number of rotatable bonds is 6. The Balaban J connectivity index is 2.06. The fourth-order valence-corrected chi connectivity index (χ4v) is 3.66. The molecule has 1 aromatic rings. The molecule has 0 spiro atoms. The monoisotopic (exact) mass is 357 g/mol. The van der Waals surface area contributed by atoms with Crippen LogP contribution in [-0.4, -0.2) is 6.54 Å². The lowest BCUT2D eigenvalue weighted by atomic mass is 9.83. The van der Waals surface area contributed by atoms with Gasteiger partial charge in [0, 0.05) is 10.5 Å². The average Bonchev–Trinajstić information content (AvgIpc) is 2.47. The van der Waals surface area contributed by atoms with E-state index in [2.05, 4.69) is 40.3 Å². The molecule has 0 radical (unpaired) electrons. The Bertz CT molecular complexity index is 415. The molecule has 1 nitrogen and oxygen atoms in total. The van der Waals surface area contributed by atoms with Crippen molar-refractivity contribution in [1.82, 2.24) is 5.32 Å². The van der Waals surface area contributed by atoms with Crippen LogP contribution in [0.15, 0.2) is 22.7 Å². The predicted octanol–water partition coefficient (Wildman–Crippen LogP) is 6.11. The third-order valence-corrected chi connectivity index (χ3v) is 5.49. The highest BCUT2D eigenvalue weighted by Crippen LogP contribution is 2.33. The molecule has 1 fully saturated rings. The van der Waals surface area contributed by atoms with E-state index in [-0.39, 0.29) is 0 Å². The summed E-state index contributed by atoms with van der Waals surface area (Å²) in [7, 11) is 0. The second-order valence-electron chi connectivity index (χ2n) is 5.92. The van der Waals surface area contributed by atoms with Gasteiger partial charge in [0.05, 0.1) is 5.02 Å². The van der Waals surface area contributed by atoms with Gasteiger partial charge >= 0.3 is 0 Å². The Morgan fingerprint density at radius 2 is 2.05 bits per heavy atom. The quantitative estimate of drug-likeness (QED) is 0.646. The molecule has 0 aliphatic heterocycles. The van der Waals surface area contributed by atoms with Crippen LogP contribution in [0.1, 0.15) is 63.5 Å². The Morgan fingerprint density at radius 1 is 1.30 bits per heavy atom.